The van der Waals surface area contributed by atoms with E-state index in [1.807, 2.05) is 35.2 Å². The summed E-state index contributed by atoms with van der Waals surface area (Å²) in [6.07, 6.45) is 3.22. The number of rotatable bonds is 6. The molecule has 3 aromatic rings. The summed E-state index contributed by atoms with van der Waals surface area (Å²) in [4.78, 5) is 18.9. The quantitative estimate of drug-likeness (QED) is 0.579. The van der Waals surface area contributed by atoms with E-state index in [2.05, 4.69) is 4.98 Å². The first-order valence-corrected chi connectivity index (χ1v) is 10.2. The van der Waals surface area contributed by atoms with Crippen LogP contribution in [0, 0.1) is 0 Å². The van der Waals surface area contributed by atoms with Gasteiger partial charge in [0, 0.05) is 31.5 Å². The van der Waals surface area contributed by atoms with Crippen molar-refractivity contribution in [2.45, 2.75) is 25.8 Å². The summed E-state index contributed by atoms with van der Waals surface area (Å²) < 4.78 is 16.6. The molecule has 7 heteroatoms. The number of halogens is 1. The van der Waals surface area contributed by atoms with Crippen LogP contribution in [0.5, 0.6) is 11.5 Å². The van der Waals surface area contributed by atoms with Crippen molar-refractivity contribution >= 4 is 17.5 Å². The molecule has 2 heterocycles. The fourth-order valence-electron chi connectivity index (χ4n) is 3.68. The summed E-state index contributed by atoms with van der Waals surface area (Å²) in [5.74, 6) is 2.61. The number of carbonyl (C=O) groups is 1. The fraction of sp³-hybridized carbons (Fsp3) is 0.304. The lowest BCUT2D eigenvalue weighted by Crippen LogP contribution is -2.36. The highest BCUT2D eigenvalue weighted by Crippen LogP contribution is 2.33. The van der Waals surface area contributed by atoms with Gasteiger partial charge in [-0.05, 0) is 41.8 Å². The average Bonchev–Trinajstić information content (AvgIpc) is 3.25. The number of benzene rings is 2. The van der Waals surface area contributed by atoms with E-state index < -0.39 is 0 Å². The molecule has 0 unspecified atom stereocenters. The van der Waals surface area contributed by atoms with Gasteiger partial charge in [0.05, 0.1) is 25.4 Å². The van der Waals surface area contributed by atoms with Crippen molar-refractivity contribution in [3.05, 3.63) is 64.6 Å². The van der Waals surface area contributed by atoms with Crippen LogP contribution in [-0.4, -0.2) is 36.6 Å². The summed E-state index contributed by atoms with van der Waals surface area (Å²) in [7, 11) is 3.24. The van der Waals surface area contributed by atoms with E-state index in [1.165, 1.54) is 5.56 Å². The Morgan fingerprint density at radius 2 is 1.90 bits per heavy atom. The zero-order valence-electron chi connectivity index (χ0n) is 17.0. The molecule has 156 valence electrons. The Balaban J connectivity index is 1.39. The van der Waals surface area contributed by atoms with Crippen LogP contribution >= 0.6 is 11.6 Å². The van der Waals surface area contributed by atoms with Gasteiger partial charge in [0.2, 0.25) is 5.91 Å². The van der Waals surface area contributed by atoms with Crippen molar-refractivity contribution in [3.8, 4) is 22.8 Å². The molecule has 0 saturated carbocycles. The van der Waals surface area contributed by atoms with Crippen LogP contribution in [0.4, 0.5) is 0 Å². The van der Waals surface area contributed by atoms with Crippen molar-refractivity contribution in [2.24, 2.45) is 0 Å². The summed E-state index contributed by atoms with van der Waals surface area (Å²) in [5.41, 5.74) is 3.07. The number of methoxy groups -OCH3 is 2. The maximum absolute atomic E-state index is 12.8. The van der Waals surface area contributed by atoms with Gasteiger partial charge in [-0.2, -0.15) is 0 Å². The van der Waals surface area contributed by atoms with E-state index in [1.54, 1.807) is 26.5 Å². The van der Waals surface area contributed by atoms with Gasteiger partial charge in [-0.3, -0.25) is 4.79 Å². The Labute approximate surface area is 180 Å². The topological polar surface area (TPSA) is 64.8 Å². The van der Waals surface area contributed by atoms with E-state index in [0.717, 1.165) is 17.5 Å². The number of hydrogen-bond acceptors (Lipinski definition) is 5. The Morgan fingerprint density at radius 3 is 2.63 bits per heavy atom. The van der Waals surface area contributed by atoms with Crippen molar-refractivity contribution in [2.75, 3.05) is 20.8 Å². The first kappa shape index (κ1) is 20.3. The zero-order chi connectivity index (χ0) is 21.1. The molecule has 6 nitrogen and oxygen atoms in total. The van der Waals surface area contributed by atoms with Crippen LogP contribution in [0.2, 0.25) is 5.02 Å². The summed E-state index contributed by atoms with van der Waals surface area (Å²) in [6, 6.07) is 11.4. The SMILES string of the molecule is COc1cc2c(cc1OC)CN(C(=O)CCc1ncc(-c3ccccc3Cl)o1)CC2. The molecule has 1 aromatic heterocycles. The Hall–Kier alpha value is -2.99. The van der Waals surface area contributed by atoms with Gasteiger partial charge in [0.15, 0.2) is 23.1 Å². The molecule has 4 rings (SSSR count). The van der Waals surface area contributed by atoms with Gasteiger partial charge >= 0.3 is 0 Å². The van der Waals surface area contributed by atoms with E-state index in [0.29, 0.717) is 54.1 Å². The first-order valence-electron chi connectivity index (χ1n) is 9.80. The standard InChI is InChI=1S/C23H23ClN2O4/c1-28-19-11-15-9-10-26(14-16(15)12-20(19)29-2)23(27)8-7-22-25-13-21(30-22)17-5-3-4-6-18(17)24/h3-6,11-13H,7-10,14H2,1-2H3. The normalized spacial score (nSPS) is 13.1. The third-order valence-corrected chi connectivity index (χ3v) is 5.65. The maximum atomic E-state index is 12.8. The predicted octanol–water partition coefficient (Wildman–Crippen LogP) is 4.53. The number of fused-ring (bicyclic) bond motifs is 1. The lowest BCUT2D eigenvalue weighted by atomic mass is 9.98. The number of hydrogen-bond donors (Lipinski definition) is 0. The number of aryl methyl sites for hydroxylation is 1. The molecule has 0 aliphatic carbocycles. The third kappa shape index (κ3) is 4.14. The third-order valence-electron chi connectivity index (χ3n) is 5.32. The van der Waals surface area contributed by atoms with Crippen LogP contribution < -0.4 is 9.47 Å². The summed E-state index contributed by atoms with van der Waals surface area (Å²) >= 11 is 6.21. The average molecular weight is 427 g/mol. The molecule has 1 aliphatic rings. The molecule has 0 bridgehead atoms. The smallest absolute Gasteiger partial charge is 0.223 e. The van der Waals surface area contributed by atoms with Gasteiger partial charge in [-0.25, -0.2) is 4.98 Å². The van der Waals surface area contributed by atoms with Crippen LogP contribution in [-0.2, 0) is 24.2 Å². The summed E-state index contributed by atoms with van der Waals surface area (Å²) in [5, 5.41) is 0.607. The van der Waals surface area contributed by atoms with Gasteiger partial charge in [-0.15, -0.1) is 0 Å². The van der Waals surface area contributed by atoms with Crippen LogP contribution in [0.15, 0.2) is 47.0 Å². The van der Waals surface area contributed by atoms with Gasteiger partial charge in [0.1, 0.15) is 0 Å². The number of nitrogens with zero attached hydrogens (tertiary/aromatic N) is 2. The van der Waals surface area contributed by atoms with Crippen LogP contribution in [0.25, 0.3) is 11.3 Å². The number of ether oxygens (including phenoxy) is 2. The number of carbonyl (C=O) groups excluding carboxylic acids is 1. The first-order chi connectivity index (χ1) is 14.6. The number of oxazole rings is 1. The lowest BCUT2D eigenvalue weighted by Gasteiger charge is -2.29. The zero-order valence-corrected chi connectivity index (χ0v) is 17.7. The highest BCUT2D eigenvalue weighted by Gasteiger charge is 2.23. The maximum Gasteiger partial charge on any atom is 0.223 e. The second-order valence-electron chi connectivity index (χ2n) is 7.14. The predicted molar refractivity (Wildman–Crippen MR) is 114 cm³/mol. The van der Waals surface area contributed by atoms with Crippen LogP contribution in [0.1, 0.15) is 23.4 Å². The van der Waals surface area contributed by atoms with Crippen molar-refractivity contribution in [3.63, 3.8) is 0 Å². The van der Waals surface area contributed by atoms with Crippen LogP contribution in [0.3, 0.4) is 0 Å². The molecular formula is C23H23ClN2O4. The molecular weight excluding hydrogens is 404 g/mol. The molecule has 30 heavy (non-hydrogen) atoms. The van der Waals surface area contributed by atoms with Crippen molar-refractivity contribution < 1.29 is 18.7 Å². The van der Waals surface area contributed by atoms with E-state index >= 15 is 0 Å². The van der Waals surface area contributed by atoms with E-state index in [-0.39, 0.29) is 5.91 Å². The molecule has 1 aliphatic heterocycles. The fourth-order valence-corrected chi connectivity index (χ4v) is 3.91. The lowest BCUT2D eigenvalue weighted by molar-refractivity contribution is -0.132. The Morgan fingerprint density at radius 1 is 1.17 bits per heavy atom. The molecule has 2 aromatic carbocycles. The van der Waals surface area contributed by atoms with Gasteiger partial charge in [-0.1, -0.05) is 23.7 Å². The van der Waals surface area contributed by atoms with E-state index in [4.69, 9.17) is 25.5 Å². The summed E-state index contributed by atoms with van der Waals surface area (Å²) in [6.45, 7) is 1.24. The molecule has 0 saturated heterocycles. The number of amides is 1. The molecule has 0 atom stereocenters. The molecule has 0 radical (unpaired) electrons. The number of aromatic nitrogens is 1. The van der Waals surface area contributed by atoms with Crippen molar-refractivity contribution in [1.82, 2.24) is 9.88 Å². The Kier molecular flexibility index (Phi) is 5.95. The monoisotopic (exact) mass is 426 g/mol. The molecule has 0 spiro atoms. The minimum absolute atomic E-state index is 0.0768. The minimum atomic E-state index is 0.0768. The van der Waals surface area contributed by atoms with Gasteiger partial charge < -0.3 is 18.8 Å². The van der Waals surface area contributed by atoms with Crippen molar-refractivity contribution in [1.29, 1.82) is 0 Å². The largest absolute Gasteiger partial charge is 0.493 e. The second-order valence-corrected chi connectivity index (χ2v) is 7.55. The van der Waals surface area contributed by atoms with E-state index in [9.17, 15) is 4.79 Å². The molecule has 0 fully saturated rings. The molecule has 1 amide bonds. The minimum Gasteiger partial charge on any atom is -0.493 e. The highest BCUT2D eigenvalue weighted by atomic mass is 35.5. The molecule has 0 N–H and O–H groups in total. The highest BCUT2D eigenvalue weighted by molar-refractivity contribution is 6.33. The Bertz CT molecular complexity index is 1060. The second kappa shape index (κ2) is 8.79. The van der Waals surface area contributed by atoms with Gasteiger partial charge in [0.25, 0.3) is 0 Å².